The number of nitrogens with zero attached hydrogens (tertiary/aromatic N) is 17. The van der Waals surface area contributed by atoms with Crippen molar-refractivity contribution in [3.8, 4) is 22.3 Å². The maximum atomic E-state index is 12.2. The summed E-state index contributed by atoms with van der Waals surface area (Å²) >= 11 is 0. The number of aliphatic carboxylic acids is 3. The van der Waals surface area contributed by atoms with Crippen LogP contribution in [0, 0.1) is 0 Å². The Labute approximate surface area is 664 Å². The van der Waals surface area contributed by atoms with Gasteiger partial charge in [0, 0.05) is 88.4 Å². The lowest BCUT2D eigenvalue weighted by Gasteiger charge is -2.18. The van der Waals surface area contributed by atoms with Crippen molar-refractivity contribution < 1.29 is 91.7 Å². The zero-order chi connectivity index (χ0) is 82.8. The predicted molar refractivity (Wildman–Crippen MR) is 433 cm³/mol. The highest BCUT2D eigenvalue weighted by Gasteiger charge is 2.32. The van der Waals surface area contributed by atoms with Crippen LogP contribution in [0.4, 0.5) is 9.59 Å². The molecule has 0 radical (unpaired) electrons. The van der Waals surface area contributed by atoms with Gasteiger partial charge in [-0.1, -0.05) is 193 Å². The van der Waals surface area contributed by atoms with Crippen molar-refractivity contribution in [1.29, 1.82) is 0 Å². The number of benzene rings is 4. The van der Waals surface area contributed by atoms with Gasteiger partial charge in [0.1, 0.15) is 43.4 Å². The van der Waals surface area contributed by atoms with E-state index in [4.69, 9.17) is 63.7 Å². The number of rotatable bonds is 35. The molecule has 41 heteroatoms. The fourth-order valence-corrected chi connectivity index (χ4v) is 10.0. The number of amides is 4. The lowest BCUT2D eigenvalue weighted by atomic mass is 9.98. The molecule has 0 bridgehead atoms. The summed E-state index contributed by atoms with van der Waals surface area (Å²) < 4.78 is 24.3. The van der Waals surface area contributed by atoms with E-state index in [0.29, 0.717) is 38.5 Å². The van der Waals surface area contributed by atoms with Crippen LogP contribution < -0.4 is 27.0 Å². The van der Waals surface area contributed by atoms with Crippen molar-refractivity contribution in [2.45, 2.75) is 183 Å². The number of nitrogens with one attached hydrogen (secondary N) is 4. The summed E-state index contributed by atoms with van der Waals surface area (Å²) in [5.41, 5.74) is 62.8. The summed E-state index contributed by atoms with van der Waals surface area (Å²) in [5, 5.41) is 51.9. The molecule has 626 valence electrons. The molecule has 114 heavy (non-hydrogen) atoms. The third-order valence-electron chi connectivity index (χ3n) is 14.8. The topological polar surface area (TPSA) is 632 Å². The van der Waals surface area contributed by atoms with Gasteiger partial charge in [-0.15, -0.1) is 0 Å². The van der Waals surface area contributed by atoms with Gasteiger partial charge in [0.25, 0.3) is 0 Å². The average Bonchev–Trinajstić information content (AvgIpc) is 1.63. The highest BCUT2D eigenvalue weighted by atomic mass is 28.3. The maximum absolute atomic E-state index is 12.2. The van der Waals surface area contributed by atoms with Crippen LogP contribution in [0.3, 0.4) is 0 Å². The lowest BCUT2D eigenvalue weighted by Crippen LogP contribution is -2.42. The first-order valence-electron chi connectivity index (χ1n) is 34.3. The van der Waals surface area contributed by atoms with E-state index in [1.807, 2.05) is 106 Å². The molecule has 0 unspecified atom stereocenters. The minimum atomic E-state index is -1.21. The molecular formula is C73H112N22O18Si. The van der Waals surface area contributed by atoms with Crippen LogP contribution in [-0.4, -0.2) is 191 Å². The van der Waals surface area contributed by atoms with E-state index >= 15 is 0 Å². The summed E-state index contributed by atoms with van der Waals surface area (Å²) in [7, 11) is 2.53. The molecule has 9 N–H and O–H groups in total. The lowest BCUT2D eigenvalue weighted by molar-refractivity contribution is -0.145. The number of carboxylic acids is 3. The van der Waals surface area contributed by atoms with Gasteiger partial charge in [-0.3, -0.25) is 19.2 Å². The molecule has 4 aromatic carbocycles. The Bertz CT molecular complexity index is 3850. The minimum absolute atomic E-state index is 0. The summed E-state index contributed by atoms with van der Waals surface area (Å²) in [6.45, 7) is 12.5. The first-order chi connectivity index (χ1) is 52.6. The van der Waals surface area contributed by atoms with E-state index in [2.05, 4.69) is 122 Å². The second-order valence-corrected chi connectivity index (χ2v) is 29.1. The first kappa shape index (κ1) is 110. The van der Waals surface area contributed by atoms with Crippen molar-refractivity contribution in [2.24, 2.45) is 31.3 Å². The van der Waals surface area contributed by atoms with Crippen molar-refractivity contribution in [3.05, 3.63) is 177 Å². The van der Waals surface area contributed by atoms with Crippen LogP contribution in [0.2, 0.25) is 19.6 Å². The highest BCUT2D eigenvalue weighted by Crippen LogP contribution is 2.46. The number of alkyl carbamates (subject to hydrolysis) is 2. The Kier molecular flexibility index (Phi) is 62.7. The van der Waals surface area contributed by atoms with Gasteiger partial charge in [0.05, 0.1) is 21.3 Å². The number of methoxy groups -OCH3 is 3. The Balaban J connectivity index is -0.000000427. The third-order valence-corrected chi connectivity index (χ3v) is 15.7. The molecule has 0 saturated carbocycles. The van der Waals surface area contributed by atoms with Gasteiger partial charge in [-0.05, 0) is 124 Å². The van der Waals surface area contributed by atoms with Gasteiger partial charge < -0.3 is 71.5 Å². The van der Waals surface area contributed by atoms with Crippen LogP contribution >= 0.6 is 0 Å². The number of carbonyl (C=O) groups excluding carboxylic acids is 7. The summed E-state index contributed by atoms with van der Waals surface area (Å²) in [4.78, 5) is 128. The second-order valence-electron chi connectivity index (χ2n) is 24.1. The van der Waals surface area contributed by atoms with Crippen LogP contribution in [0.15, 0.2) is 123 Å². The molecule has 4 amide bonds. The summed E-state index contributed by atoms with van der Waals surface area (Å²) in [6, 6.07) is 27.4. The highest BCUT2D eigenvalue weighted by molar-refractivity contribution is 6.98. The van der Waals surface area contributed by atoms with Crippen molar-refractivity contribution in [2.75, 3.05) is 67.3 Å². The maximum Gasteiger partial charge on any atom is 0.407 e. The van der Waals surface area contributed by atoms with Gasteiger partial charge in [0.15, 0.2) is 8.07 Å². The van der Waals surface area contributed by atoms with Crippen LogP contribution in [-0.2, 0) is 62.0 Å². The fraction of sp³-hybridized carbons (Fsp3) is 0.521. The SMILES string of the molecule is C.C.C.C.CCCC(=O)N[C@@H](CCN=[N+]=[N-])C(=O)O.CCCC(=O)N[C@@H](CCN=[N+]=[N-])C(=O)OC.CCCC(=O)O.COC(=O)[C@@H](N)CCN=[N+]=[N-].COC(=O)[C@H](CCN=[N+]=[N-])NC(=O)OCC1c2ccccc2-c2ccccc21.C[Si](C)(C)C=[N+]=[N-].[N-]=[N+]=NCC[C@H](NC(=O)OCC1c2ccccc2-c2ccccc21)C(=O)O. The quantitative estimate of drug-likeness (QED) is 0.00403. The third kappa shape index (κ3) is 45.4. The Hall–Kier alpha value is -12.7. The number of carboxylic acid groups (broad SMARTS) is 3. The number of hydrogen-bond donors (Lipinski definition) is 8. The molecule has 0 saturated heterocycles. The number of fused-ring (bicyclic) bond motifs is 6. The largest absolute Gasteiger partial charge is 0.481 e. The van der Waals surface area contributed by atoms with E-state index in [0.717, 1.165) is 50.9 Å². The minimum Gasteiger partial charge on any atom is -0.481 e. The monoisotopic (exact) mass is 1610 g/mol. The van der Waals surface area contributed by atoms with Crippen LogP contribution in [0.5, 0.6) is 0 Å². The molecule has 4 aromatic rings. The van der Waals surface area contributed by atoms with Gasteiger partial charge in [-0.2, -0.15) is 4.79 Å². The molecule has 2 aliphatic rings. The normalized spacial score (nSPS) is 11.5. The molecule has 2 aliphatic carbocycles. The fourth-order valence-electron chi connectivity index (χ4n) is 9.67. The van der Waals surface area contributed by atoms with E-state index in [-0.39, 0.29) is 125 Å². The average molecular weight is 1610 g/mol. The molecule has 0 heterocycles. The molecule has 0 spiro atoms. The Morgan fingerprint density at radius 2 is 0.711 bits per heavy atom. The standard InChI is InChI=1S/C20H20N4O4.C19H18N4O4.C9H16N4O3.C8H14N4O3.C5H10N4O2.C4H10N2Si.C4H8O2.4CH4/c1-27-19(25)18(10-11-22-24-21)23-20(26)28-12-17-15-8-4-2-6-13(15)14-7-3-5-9-16(14)17;20-23-21-10-9-17(18(24)25)22-19(26)27-11-16-14-7-3-1-5-12(14)13-6-2-4-8-15(13)16;1-3-4-8(14)12-7(9(15)16-2)5-6-11-13-10;1-2-3-7(13)11-6(8(14)15)4-5-10-12-9;1-11-5(10)4(6)2-3-8-9-7;1-7(2,3)4-6-5;1-2-3-4(5)6;;;;/h2-9,17-18H,10-12H2,1H3,(H,23,26);1-8,16-17H,9-11H2,(H,22,26)(H,24,25);7H,3-6H2,1-2H3,(H,12,14);6H,2-5H2,1H3,(H,11,13)(H,14,15);4H,2-3,6H2,1H3;4H,1-3H3;2-3H2,1H3,(H,5,6);4*1H4/t18-;17-;7-;6-;4-;;;;;;/m00000....../s1. The molecule has 5 atom stereocenters. The van der Waals surface area contributed by atoms with Gasteiger partial charge >= 0.3 is 48.0 Å². The number of azide groups is 5. The number of esters is 3. The molecule has 40 nitrogen and oxygen atoms in total. The van der Waals surface area contributed by atoms with E-state index < -0.39 is 86.3 Å². The van der Waals surface area contributed by atoms with Crippen molar-refractivity contribution >= 4 is 73.7 Å². The van der Waals surface area contributed by atoms with E-state index in [9.17, 15) is 47.9 Å². The molecule has 0 aromatic heterocycles. The molecule has 0 aliphatic heterocycles. The summed E-state index contributed by atoms with van der Waals surface area (Å²) in [5.74, 6) is -3.73. The smallest absolute Gasteiger partial charge is 0.407 e. The van der Waals surface area contributed by atoms with Gasteiger partial charge in [-0.25, -0.2) is 28.8 Å². The Morgan fingerprint density at radius 1 is 0.439 bits per heavy atom. The zero-order valence-electron chi connectivity index (χ0n) is 62.7. The number of nitrogens with two attached hydrogens (primary N) is 1. The number of carbonyl (C=O) groups is 10. The van der Waals surface area contributed by atoms with Crippen molar-refractivity contribution in [3.63, 3.8) is 0 Å². The van der Waals surface area contributed by atoms with Crippen LogP contribution in [0.1, 0.15) is 155 Å². The van der Waals surface area contributed by atoms with Crippen molar-refractivity contribution in [1.82, 2.24) is 21.3 Å². The number of ether oxygens (including phenoxy) is 5. The molecule has 6 rings (SSSR count). The second kappa shape index (κ2) is 65.0. The Morgan fingerprint density at radius 3 is 0.965 bits per heavy atom. The van der Waals surface area contributed by atoms with E-state index in [1.54, 1.807) is 5.84 Å². The molecular weight excluding hydrogens is 1500 g/mol. The van der Waals surface area contributed by atoms with E-state index in [1.165, 1.54) is 21.3 Å². The summed E-state index contributed by atoms with van der Waals surface area (Å²) in [6.07, 6.45) is 2.28. The first-order valence-corrected chi connectivity index (χ1v) is 37.9. The van der Waals surface area contributed by atoms with Crippen LogP contribution in [0.25, 0.3) is 80.0 Å². The zero-order valence-corrected chi connectivity index (χ0v) is 63.7. The molecule has 0 fully saturated rings. The van der Waals surface area contributed by atoms with Gasteiger partial charge in [0.2, 0.25) is 17.7 Å². The predicted octanol–water partition coefficient (Wildman–Crippen LogP) is 14.4. The number of hydrogen-bond acceptors (Lipinski definition) is 21.